The Balaban J connectivity index is 4.43. The summed E-state index contributed by atoms with van der Waals surface area (Å²) in [6, 6.07) is -1.06. The molecule has 33 heavy (non-hydrogen) atoms. The number of aliphatic carboxylic acids is 2. The highest BCUT2D eigenvalue weighted by molar-refractivity contribution is 8.00. The van der Waals surface area contributed by atoms with Crippen molar-refractivity contribution in [2.75, 3.05) is 5.75 Å². The van der Waals surface area contributed by atoms with Crippen LogP contribution in [0.15, 0.2) is 48.6 Å². The first kappa shape index (κ1) is 31.0. The fraction of sp³-hybridized carbons (Fsp3) is 0.565. The summed E-state index contributed by atoms with van der Waals surface area (Å²) in [6.45, 7) is 0. The first-order valence-corrected chi connectivity index (χ1v) is 11.8. The maximum Gasteiger partial charge on any atom is 0.389 e. The molecule has 3 atom stereocenters. The van der Waals surface area contributed by atoms with E-state index in [0.29, 0.717) is 25.7 Å². The quantitative estimate of drug-likeness (QED) is 0.122. The molecule has 0 radical (unpaired) electrons. The molecule has 0 aromatic carbocycles. The molecule has 0 aliphatic heterocycles. The topological polar surface area (TPSA) is 121 Å². The van der Waals surface area contributed by atoms with Crippen LogP contribution in [0, 0.1) is 0 Å². The van der Waals surface area contributed by atoms with Gasteiger partial charge < -0.3 is 21.1 Å². The Morgan fingerprint density at radius 2 is 1.67 bits per heavy atom. The van der Waals surface area contributed by atoms with Crippen LogP contribution in [-0.2, 0) is 9.59 Å². The van der Waals surface area contributed by atoms with Gasteiger partial charge in [-0.15, -0.1) is 11.8 Å². The Kier molecular flexibility index (Phi) is 17.3. The van der Waals surface area contributed by atoms with Crippen LogP contribution in [0.5, 0.6) is 0 Å². The molecule has 10 heteroatoms. The van der Waals surface area contributed by atoms with Crippen LogP contribution in [0.3, 0.4) is 0 Å². The van der Waals surface area contributed by atoms with Gasteiger partial charge in [-0.1, -0.05) is 48.6 Å². The van der Waals surface area contributed by atoms with Crippen molar-refractivity contribution >= 4 is 23.7 Å². The number of halogens is 3. The van der Waals surface area contributed by atoms with Crippen LogP contribution in [0.4, 0.5) is 13.2 Å². The lowest BCUT2D eigenvalue weighted by Gasteiger charge is -2.20. The van der Waals surface area contributed by atoms with Crippen LogP contribution in [0.2, 0.25) is 0 Å². The number of aliphatic hydroxyl groups is 1. The Hall–Kier alpha value is -2.04. The fourth-order valence-corrected chi connectivity index (χ4v) is 3.68. The summed E-state index contributed by atoms with van der Waals surface area (Å²) in [5, 5.41) is 27.5. The van der Waals surface area contributed by atoms with Gasteiger partial charge in [0.25, 0.3) is 0 Å². The van der Waals surface area contributed by atoms with Gasteiger partial charge >= 0.3 is 18.1 Å². The van der Waals surface area contributed by atoms with E-state index in [4.69, 9.17) is 15.9 Å². The molecule has 0 rings (SSSR count). The molecule has 188 valence electrons. The van der Waals surface area contributed by atoms with Crippen molar-refractivity contribution in [3.8, 4) is 0 Å². The van der Waals surface area contributed by atoms with Crippen LogP contribution < -0.4 is 5.73 Å². The summed E-state index contributed by atoms with van der Waals surface area (Å²) < 4.78 is 36.1. The minimum Gasteiger partial charge on any atom is -0.481 e. The molecule has 0 aliphatic carbocycles. The van der Waals surface area contributed by atoms with Gasteiger partial charge in [0.1, 0.15) is 6.04 Å². The van der Waals surface area contributed by atoms with Crippen LogP contribution in [-0.4, -0.2) is 56.6 Å². The maximum atomic E-state index is 12.0. The number of nitrogens with two attached hydrogens (primary N) is 1. The molecule has 0 unspecified atom stereocenters. The second kappa shape index (κ2) is 18.4. The number of aliphatic hydroxyl groups excluding tert-OH is 1. The van der Waals surface area contributed by atoms with E-state index >= 15 is 0 Å². The fourth-order valence-electron chi connectivity index (χ4n) is 2.55. The number of carboxylic acid groups (broad SMARTS) is 2. The molecule has 6 nitrogen and oxygen atoms in total. The van der Waals surface area contributed by atoms with E-state index in [0.717, 1.165) is 0 Å². The lowest BCUT2D eigenvalue weighted by atomic mass is 10.1. The van der Waals surface area contributed by atoms with E-state index in [2.05, 4.69) is 0 Å². The number of rotatable bonds is 18. The molecule has 0 spiro atoms. The third-order valence-electron chi connectivity index (χ3n) is 4.35. The van der Waals surface area contributed by atoms with E-state index in [9.17, 15) is 27.9 Å². The average molecular weight is 494 g/mol. The van der Waals surface area contributed by atoms with Crippen LogP contribution in [0.25, 0.3) is 0 Å². The molecular weight excluding hydrogens is 459 g/mol. The van der Waals surface area contributed by atoms with Gasteiger partial charge in [0, 0.05) is 23.8 Å². The second-order valence-corrected chi connectivity index (χ2v) is 8.57. The normalized spacial score (nSPS) is 15.7. The molecule has 0 bridgehead atoms. The first-order valence-electron chi connectivity index (χ1n) is 10.7. The van der Waals surface area contributed by atoms with E-state index in [1.165, 1.54) is 11.8 Å². The summed E-state index contributed by atoms with van der Waals surface area (Å²) in [5.74, 6) is -1.97. The number of hydrogen-bond donors (Lipinski definition) is 4. The van der Waals surface area contributed by atoms with Gasteiger partial charge in [0.2, 0.25) is 0 Å². The van der Waals surface area contributed by atoms with E-state index in [1.54, 1.807) is 24.3 Å². The predicted molar refractivity (Wildman–Crippen MR) is 125 cm³/mol. The van der Waals surface area contributed by atoms with Crippen molar-refractivity contribution in [1.29, 1.82) is 0 Å². The minimum absolute atomic E-state index is 0.0560. The molecule has 0 aromatic rings. The van der Waals surface area contributed by atoms with Crippen molar-refractivity contribution in [3.05, 3.63) is 48.6 Å². The molecule has 0 aliphatic rings. The highest BCUT2D eigenvalue weighted by Crippen LogP contribution is 2.23. The summed E-state index contributed by atoms with van der Waals surface area (Å²) in [4.78, 5) is 21.5. The van der Waals surface area contributed by atoms with Crippen LogP contribution in [0.1, 0.15) is 51.4 Å². The molecule has 0 heterocycles. The number of carboxylic acids is 2. The van der Waals surface area contributed by atoms with E-state index in [-0.39, 0.29) is 25.0 Å². The smallest absolute Gasteiger partial charge is 0.389 e. The SMILES string of the molecule is N[C@H](CS[C@H](/C=C/C=C/C=C/C/C=C/CCCCC(F)(F)F)[C@H](O)CCCC(=O)O)C(=O)O. The van der Waals surface area contributed by atoms with Gasteiger partial charge in [-0.25, -0.2) is 0 Å². The third kappa shape index (κ3) is 20.3. The molecule has 0 amide bonds. The van der Waals surface area contributed by atoms with Crippen molar-refractivity contribution in [3.63, 3.8) is 0 Å². The Labute approximate surface area is 197 Å². The summed E-state index contributed by atoms with van der Waals surface area (Å²) in [7, 11) is 0. The Morgan fingerprint density at radius 1 is 0.970 bits per heavy atom. The van der Waals surface area contributed by atoms with Crippen LogP contribution >= 0.6 is 11.8 Å². The highest BCUT2D eigenvalue weighted by Gasteiger charge is 2.25. The molecular formula is C23H34F3NO5S. The first-order chi connectivity index (χ1) is 15.5. The molecule has 0 saturated heterocycles. The molecule has 5 N–H and O–H groups in total. The van der Waals surface area contributed by atoms with Gasteiger partial charge in [0.15, 0.2) is 0 Å². The van der Waals surface area contributed by atoms with Gasteiger partial charge in [0.05, 0.1) is 6.10 Å². The molecule has 0 saturated carbocycles. The zero-order chi connectivity index (χ0) is 25.1. The number of carbonyl (C=O) groups is 2. The minimum atomic E-state index is -4.09. The summed E-state index contributed by atoms with van der Waals surface area (Å²) >= 11 is 1.20. The maximum absolute atomic E-state index is 12.0. The number of thioether (sulfide) groups is 1. The summed E-state index contributed by atoms with van der Waals surface area (Å²) in [6.07, 6.45) is 11.1. The van der Waals surface area contributed by atoms with E-state index in [1.807, 2.05) is 24.3 Å². The van der Waals surface area contributed by atoms with Crippen molar-refractivity contribution < 1.29 is 38.1 Å². The lowest BCUT2D eigenvalue weighted by Crippen LogP contribution is -2.34. The highest BCUT2D eigenvalue weighted by atomic mass is 32.2. The number of hydrogen-bond acceptors (Lipinski definition) is 5. The van der Waals surface area contributed by atoms with Gasteiger partial charge in [-0.2, -0.15) is 13.2 Å². The second-order valence-electron chi connectivity index (χ2n) is 7.36. The monoisotopic (exact) mass is 493 g/mol. The Bertz CT molecular complexity index is 677. The number of alkyl halides is 3. The number of unbranched alkanes of at least 4 members (excludes halogenated alkanes) is 2. The summed E-state index contributed by atoms with van der Waals surface area (Å²) in [5.41, 5.74) is 5.51. The largest absolute Gasteiger partial charge is 0.481 e. The van der Waals surface area contributed by atoms with Crippen molar-refractivity contribution in [1.82, 2.24) is 0 Å². The van der Waals surface area contributed by atoms with Crippen molar-refractivity contribution in [2.24, 2.45) is 5.73 Å². The average Bonchev–Trinajstić information content (AvgIpc) is 2.71. The van der Waals surface area contributed by atoms with Gasteiger partial charge in [-0.3, -0.25) is 9.59 Å². The third-order valence-corrected chi connectivity index (χ3v) is 5.75. The van der Waals surface area contributed by atoms with E-state index < -0.39 is 41.9 Å². The zero-order valence-corrected chi connectivity index (χ0v) is 19.3. The predicted octanol–water partition coefficient (Wildman–Crippen LogP) is 4.85. The zero-order valence-electron chi connectivity index (χ0n) is 18.5. The van der Waals surface area contributed by atoms with Gasteiger partial charge in [-0.05, 0) is 38.5 Å². The standard InChI is InChI=1S/C23H34F3NO5S/c24-23(25,26)16-11-9-7-5-3-1-2-4-6-8-10-14-20(33-17-18(27)22(31)32)19(28)13-12-15-21(29)30/h2-6,8,10,14,18-20,28H,1,7,9,11-13,15-17,27H2,(H,29,30)(H,31,32)/b4-2+,5-3+,8-6+,14-10+/t18-,19-,20-/m1/s1. The van der Waals surface area contributed by atoms with Crippen molar-refractivity contribution in [2.45, 2.75) is 74.9 Å². The molecule has 0 aromatic heterocycles. The molecule has 0 fully saturated rings. The lowest BCUT2D eigenvalue weighted by molar-refractivity contribution is -0.138. The Morgan fingerprint density at radius 3 is 2.30 bits per heavy atom. The number of allylic oxidation sites excluding steroid dienone is 7.